The predicted octanol–water partition coefficient (Wildman–Crippen LogP) is 3.46. The standard InChI is InChI=1S/C15H22N2O/c1-3-4-7-11-16-15(18)17-12-10-14-9-6-5-8-13(14)2/h5-6,8-10,12H,3-4,7,11H2,1-2H3,(H2,16,17,18)/b12-10+. The first-order valence-corrected chi connectivity index (χ1v) is 6.50. The third-order valence-electron chi connectivity index (χ3n) is 2.73. The molecule has 0 unspecified atom stereocenters. The van der Waals surface area contributed by atoms with Gasteiger partial charge in [0.15, 0.2) is 0 Å². The molecule has 0 aliphatic heterocycles. The van der Waals surface area contributed by atoms with Crippen molar-refractivity contribution in [2.24, 2.45) is 0 Å². The molecule has 1 aromatic rings. The average molecular weight is 246 g/mol. The number of benzene rings is 1. The van der Waals surface area contributed by atoms with E-state index in [1.807, 2.05) is 37.3 Å². The number of carbonyl (C=O) groups excluding carboxylic acids is 1. The highest BCUT2D eigenvalue weighted by Crippen LogP contribution is 2.07. The van der Waals surface area contributed by atoms with E-state index in [-0.39, 0.29) is 6.03 Å². The van der Waals surface area contributed by atoms with E-state index in [1.165, 1.54) is 5.56 Å². The van der Waals surface area contributed by atoms with Crippen molar-refractivity contribution in [3.05, 3.63) is 41.6 Å². The minimum atomic E-state index is -0.143. The van der Waals surface area contributed by atoms with Crippen molar-refractivity contribution in [3.63, 3.8) is 0 Å². The second-order valence-corrected chi connectivity index (χ2v) is 4.30. The molecule has 3 nitrogen and oxygen atoms in total. The van der Waals surface area contributed by atoms with Crippen molar-refractivity contribution in [1.82, 2.24) is 10.6 Å². The maximum absolute atomic E-state index is 11.4. The van der Waals surface area contributed by atoms with Crippen molar-refractivity contribution in [3.8, 4) is 0 Å². The Morgan fingerprint density at radius 3 is 2.78 bits per heavy atom. The van der Waals surface area contributed by atoms with Crippen molar-refractivity contribution in [2.75, 3.05) is 6.54 Å². The fraction of sp³-hybridized carbons (Fsp3) is 0.400. The number of carbonyl (C=O) groups is 1. The Hall–Kier alpha value is -1.77. The van der Waals surface area contributed by atoms with Gasteiger partial charge in [-0.2, -0.15) is 0 Å². The normalized spacial score (nSPS) is 10.6. The first-order valence-electron chi connectivity index (χ1n) is 6.50. The molecule has 0 aromatic heterocycles. The zero-order chi connectivity index (χ0) is 13.2. The molecule has 0 saturated carbocycles. The van der Waals surface area contributed by atoms with Crippen LogP contribution in [-0.2, 0) is 0 Å². The summed E-state index contributed by atoms with van der Waals surface area (Å²) in [6, 6.07) is 7.91. The lowest BCUT2D eigenvalue weighted by molar-refractivity contribution is 0.244. The van der Waals surface area contributed by atoms with Crippen molar-refractivity contribution in [1.29, 1.82) is 0 Å². The second-order valence-electron chi connectivity index (χ2n) is 4.30. The number of hydrogen-bond donors (Lipinski definition) is 2. The summed E-state index contributed by atoms with van der Waals surface area (Å²) in [6.45, 7) is 4.92. The monoisotopic (exact) mass is 246 g/mol. The van der Waals surface area contributed by atoms with Crippen LogP contribution in [-0.4, -0.2) is 12.6 Å². The van der Waals surface area contributed by atoms with Crippen LogP contribution in [0.1, 0.15) is 37.3 Å². The molecule has 0 atom stereocenters. The summed E-state index contributed by atoms with van der Waals surface area (Å²) in [5, 5.41) is 5.52. The van der Waals surface area contributed by atoms with Gasteiger partial charge in [-0.25, -0.2) is 4.79 Å². The van der Waals surface area contributed by atoms with Crippen LogP contribution in [0.25, 0.3) is 6.08 Å². The maximum atomic E-state index is 11.4. The maximum Gasteiger partial charge on any atom is 0.318 e. The highest BCUT2D eigenvalue weighted by Gasteiger charge is 1.95. The third kappa shape index (κ3) is 5.53. The van der Waals surface area contributed by atoms with Crippen LogP contribution in [0.15, 0.2) is 30.5 Å². The van der Waals surface area contributed by atoms with E-state index in [1.54, 1.807) is 6.20 Å². The number of rotatable bonds is 6. The van der Waals surface area contributed by atoms with Gasteiger partial charge in [0.2, 0.25) is 0 Å². The van der Waals surface area contributed by atoms with Crippen molar-refractivity contribution in [2.45, 2.75) is 33.1 Å². The quantitative estimate of drug-likeness (QED) is 0.742. The topological polar surface area (TPSA) is 41.1 Å². The molecule has 1 aromatic carbocycles. The van der Waals surface area contributed by atoms with Gasteiger partial charge < -0.3 is 10.6 Å². The van der Waals surface area contributed by atoms with Gasteiger partial charge in [0.25, 0.3) is 0 Å². The van der Waals surface area contributed by atoms with E-state index in [9.17, 15) is 4.79 Å². The van der Waals surface area contributed by atoms with Crippen LogP contribution in [0.2, 0.25) is 0 Å². The molecule has 0 bridgehead atoms. The van der Waals surface area contributed by atoms with Gasteiger partial charge in [0, 0.05) is 12.7 Å². The average Bonchev–Trinajstić information content (AvgIpc) is 2.37. The number of hydrogen-bond acceptors (Lipinski definition) is 1. The first-order chi connectivity index (χ1) is 8.74. The van der Waals surface area contributed by atoms with Gasteiger partial charge in [-0.3, -0.25) is 0 Å². The molecule has 2 N–H and O–H groups in total. The minimum Gasteiger partial charge on any atom is -0.338 e. The molecule has 2 amide bonds. The van der Waals surface area contributed by atoms with Gasteiger partial charge in [0.1, 0.15) is 0 Å². The van der Waals surface area contributed by atoms with Gasteiger partial charge in [-0.1, -0.05) is 44.0 Å². The summed E-state index contributed by atoms with van der Waals surface area (Å²) in [6.07, 6.45) is 6.93. The Morgan fingerprint density at radius 2 is 2.06 bits per heavy atom. The Balaban J connectivity index is 2.28. The fourth-order valence-corrected chi connectivity index (χ4v) is 1.61. The summed E-state index contributed by atoms with van der Waals surface area (Å²) in [7, 11) is 0. The molecule has 0 spiro atoms. The Bertz CT molecular complexity index is 399. The molecule has 0 heterocycles. The van der Waals surface area contributed by atoms with E-state index >= 15 is 0 Å². The number of nitrogens with one attached hydrogen (secondary N) is 2. The van der Waals surface area contributed by atoms with E-state index in [0.717, 1.165) is 31.4 Å². The molecule has 98 valence electrons. The molecular weight excluding hydrogens is 224 g/mol. The van der Waals surface area contributed by atoms with Crippen LogP contribution in [0.3, 0.4) is 0 Å². The fourth-order valence-electron chi connectivity index (χ4n) is 1.61. The summed E-state index contributed by atoms with van der Waals surface area (Å²) < 4.78 is 0. The van der Waals surface area contributed by atoms with Crippen LogP contribution in [0.4, 0.5) is 4.79 Å². The van der Waals surface area contributed by atoms with Gasteiger partial charge in [-0.15, -0.1) is 0 Å². The van der Waals surface area contributed by atoms with Crippen molar-refractivity contribution < 1.29 is 4.79 Å². The summed E-state index contributed by atoms with van der Waals surface area (Å²) in [5.74, 6) is 0. The largest absolute Gasteiger partial charge is 0.338 e. The molecule has 18 heavy (non-hydrogen) atoms. The zero-order valence-corrected chi connectivity index (χ0v) is 11.2. The molecular formula is C15H22N2O. The van der Waals surface area contributed by atoms with E-state index in [4.69, 9.17) is 0 Å². The SMILES string of the molecule is CCCCCNC(=O)N/C=C/c1ccccc1C. The molecule has 0 aliphatic carbocycles. The number of aryl methyl sites for hydroxylation is 1. The Labute approximate surface area is 109 Å². The molecule has 1 rings (SSSR count). The second kappa shape index (κ2) is 8.34. The molecule has 0 aliphatic rings. The lowest BCUT2D eigenvalue weighted by Gasteiger charge is -2.04. The molecule has 0 fully saturated rings. The smallest absolute Gasteiger partial charge is 0.318 e. The number of urea groups is 1. The van der Waals surface area contributed by atoms with Crippen LogP contribution in [0, 0.1) is 6.92 Å². The zero-order valence-electron chi connectivity index (χ0n) is 11.2. The van der Waals surface area contributed by atoms with Crippen LogP contribution >= 0.6 is 0 Å². The summed E-state index contributed by atoms with van der Waals surface area (Å²) in [5.41, 5.74) is 2.31. The lowest BCUT2D eigenvalue weighted by atomic mass is 10.1. The number of amides is 2. The van der Waals surface area contributed by atoms with Crippen molar-refractivity contribution >= 4 is 12.1 Å². The van der Waals surface area contributed by atoms with Gasteiger partial charge in [0.05, 0.1) is 0 Å². The highest BCUT2D eigenvalue weighted by molar-refractivity contribution is 5.75. The van der Waals surface area contributed by atoms with E-state index < -0.39 is 0 Å². The highest BCUT2D eigenvalue weighted by atomic mass is 16.2. The van der Waals surface area contributed by atoms with Gasteiger partial charge in [-0.05, 0) is 30.5 Å². The van der Waals surface area contributed by atoms with E-state index in [0.29, 0.717) is 0 Å². The Kier molecular flexibility index (Phi) is 6.62. The summed E-state index contributed by atoms with van der Waals surface area (Å²) in [4.78, 5) is 11.4. The summed E-state index contributed by atoms with van der Waals surface area (Å²) >= 11 is 0. The van der Waals surface area contributed by atoms with Gasteiger partial charge >= 0.3 is 6.03 Å². The molecule has 3 heteroatoms. The molecule has 0 radical (unpaired) electrons. The predicted molar refractivity (Wildman–Crippen MR) is 76.3 cm³/mol. The Morgan fingerprint density at radius 1 is 1.28 bits per heavy atom. The van der Waals surface area contributed by atoms with E-state index in [2.05, 4.69) is 17.6 Å². The number of unbranched alkanes of at least 4 members (excludes halogenated alkanes) is 2. The lowest BCUT2D eigenvalue weighted by Crippen LogP contribution is -2.32. The minimum absolute atomic E-state index is 0.143. The molecule has 0 saturated heterocycles. The first kappa shape index (κ1) is 14.3. The third-order valence-corrected chi connectivity index (χ3v) is 2.73. The van der Waals surface area contributed by atoms with Crippen LogP contribution in [0.5, 0.6) is 0 Å². The van der Waals surface area contributed by atoms with Crippen LogP contribution < -0.4 is 10.6 Å².